The van der Waals surface area contributed by atoms with Gasteiger partial charge in [-0.2, -0.15) is 0 Å². The smallest absolute Gasteiger partial charge is 0.267 e. The summed E-state index contributed by atoms with van der Waals surface area (Å²) in [7, 11) is 0. The summed E-state index contributed by atoms with van der Waals surface area (Å²) in [6.07, 6.45) is 2.55. The van der Waals surface area contributed by atoms with Crippen LogP contribution in [0.3, 0.4) is 0 Å². The predicted octanol–water partition coefficient (Wildman–Crippen LogP) is 1.44. The van der Waals surface area contributed by atoms with Crippen molar-refractivity contribution in [3.05, 3.63) is 21.2 Å². The van der Waals surface area contributed by atoms with Crippen LogP contribution in [0, 0.1) is 0 Å². The molecule has 1 fully saturated rings. The van der Waals surface area contributed by atoms with E-state index in [2.05, 4.69) is 51.6 Å². The third-order valence-electron chi connectivity index (χ3n) is 3.07. The highest BCUT2D eigenvalue weighted by Gasteiger charge is 2.18. The molecule has 1 saturated heterocycles. The van der Waals surface area contributed by atoms with Crippen LogP contribution < -0.4 is 10.5 Å². The maximum atomic E-state index is 11.5. The Bertz CT molecular complexity index is 451. The fourth-order valence-corrected chi connectivity index (χ4v) is 3.09. The first-order valence-corrected chi connectivity index (χ1v) is 7.90. The summed E-state index contributed by atoms with van der Waals surface area (Å²) in [4.78, 5) is 23.0. The Morgan fingerprint density at radius 3 is 2.94 bits per heavy atom. The number of alkyl halides is 1. The fraction of sp³-hybridized carbons (Fsp3) is 0.636. The van der Waals surface area contributed by atoms with E-state index in [1.165, 1.54) is 6.33 Å². The quantitative estimate of drug-likeness (QED) is 0.807. The van der Waals surface area contributed by atoms with Gasteiger partial charge in [-0.3, -0.25) is 4.79 Å². The van der Waals surface area contributed by atoms with Gasteiger partial charge in [-0.1, -0.05) is 15.9 Å². The Hall–Kier alpha value is -0.400. The van der Waals surface area contributed by atoms with Crippen LogP contribution in [0.5, 0.6) is 0 Å². The van der Waals surface area contributed by atoms with Crippen molar-refractivity contribution < 1.29 is 0 Å². The Kier molecular flexibility index (Phi) is 5.20. The molecule has 1 aliphatic rings. The van der Waals surface area contributed by atoms with Crippen molar-refractivity contribution in [2.75, 3.05) is 43.0 Å². The van der Waals surface area contributed by atoms with Crippen molar-refractivity contribution in [2.45, 2.75) is 6.42 Å². The summed E-state index contributed by atoms with van der Waals surface area (Å²) in [5.74, 6) is 0.749. The molecule has 0 aliphatic carbocycles. The normalized spacial score (nSPS) is 17.8. The summed E-state index contributed by atoms with van der Waals surface area (Å²) in [5.41, 5.74) is -0.124. The molecule has 18 heavy (non-hydrogen) atoms. The van der Waals surface area contributed by atoms with Crippen molar-refractivity contribution in [3.63, 3.8) is 0 Å². The monoisotopic (exact) mass is 378 g/mol. The van der Waals surface area contributed by atoms with Crippen LogP contribution >= 0.6 is 31.9 Å². The summed E-state index contributed by atoms with van der Waals surface area (Å²) < 4.78 is 0.527. The summed E-state index contributed by atoms with van der Waals surface area (Å²) >= 11 is 6.79. The average molecular weight is 380 g/mol. The Balaban J connectivity index is 2.10. The standard InChI is InChI=1S/C11H16Br2N4O/c12-2-5-16-3-1-4-17(7-6-16)10-9(13)11(18)15-8-14-10/h8H,1-7H2,(H,14,15,18). The van der Waals surface area contributed by atoms with Crippen LogP contribution in [0.25, 0.3) is 0 Å². The molecule has 1 aliphatic heterocycles. The van der Waals surface area contributed by atoms with Crippen LogP contribution in [-0.2, 0) is 0 Å². The van der Waals surface area contributed by atoms with E-state index < -0.39 is 0 Å². The first-order valence-electron chi connectivity index (χ1n) is 5.99. The molecule has 1 N–H and O–H groups in total. The van der Waals surface area contributed by atoms with Crippen LogP contribution in [0.1, 0.15) is 6.42 Å². The molecule has 0 spiro atoms. The number of hydrogen-bond donors (Lipinski definition) is 1. The highest BCUT2D eigenvalue weighted by molar-refractivity contribution is 9.10. The molecule has 0 saturated carbocycles. The Morgan fingerprint density at radius 1 is 1.33 bits per heavy atom. The molecule has 7 heteroatoms. The molecule has 0 aromatic carbocycles. The fourth-order valence-electron chi connectivity index (χ4n) is 2.12. The van der Waals surface area contributed by atoms with Gasteiger partial charge in [0.05, 0.1) is 6.33 Å². The second kappa shape index (κ2) is 6.68. The number of aromatic nitrogens is 2. The van der Waals surface area contributed by atoms with Gasteiger partial charge in [0.25, 0.3) is 5.56 Å². The minimum atomic E-state index is -0.124. The van der Waals surface area contributed by atoms with Crippen LogP contribution in [0.15, 0.2) is 15.6 Å². The summed E-state index contributed by atoms with van der Waals surface area (Å²) in [6, 6.07) is 0. The van der Waals surface area contributed by atoms with E-state index in [4.69, 9.17) is 0 Å². The van der Waals surface area contributed by atoms with Gasteiger partial charge >= 0.3 is 0 Å². The molecular weight excluding hydrogens is 364 g/mol. The Morgan fingerprint density at radius 2 is 2.17 bits per heavy atom. The summed E-state index contributed by atoms with van der Waals surface area (Å²) in [5, 5.41) is 1.000. The molecular formula is C11H16Br2N4O. The SMILES string of the molecule is O=c1[nH]cnc(N2CCCN(CCBr)CC2)c1Br. The molecule has 5 nitrogen and oxygen atoms in total. The van der Waals surface area contributed by atoms with Gasteiger partial charge in [0.2, 0.25) is 0 Å². The van der Waals surface area contributed by atoms with E-state index in [9.17, 15) is 4.79 Å². The van der Waals surface area contributed by atoms with Crippen LogP contribution in [0.2, 0.25) is 0 Å². The lowest BCUT2D eigenvalue weighted by molar-refractivity contribution is 0.313. The molecule has 0 bridgehead atoms. The molecule has 0 atom stereocenters. The number of aromatic amines is 1. The first-order chi connectivity index (χ1) is 8.72. The number of nitrogens with zero attached hydrogens (tertiary/aromatic N) is 3. The van der Waals surface area contributed by atoms with E-state index in [0.717, 1.165) is 50.3 Å². The van der Waals surface area contributed by atoms with Crippen LogP contribution in [-0.4, -0.2) is 52.9 Å². The van der Waals surface area contributed by atoms with E-state index in [1.807, 2.05) is 0 Å². The van der Waals surface area contributed by atoms with Crippen molar-refractivity contribution >= 4 is 37.7 Å². The molecule has 100 valence electrons. The van der Waals surface area contributed by atoms with Crippen molar-refractivity contribution in [2.24, 2.45) is 0 Å². The second-order valence-corrected chi connectivity index (χ2v) is 5.83. The van der Waals surface area contributed by atoms with E-state index in [-0.39, 0.29) is 5.56 Å². The minimum Gasteiger partial charge on any atom is -0.354 e. The molecule has 0 unspecified atom stereocenters. The van der Waals surface area contributed by atoms with E-state index in [0.29, 0.717) is 4.47 Å². The zero-order valence-electron chi connectivity index (χ0n) is 10.0. The van der Waals surface area contributed by atoms with Crippen molar-refractivity contribution in [1.29, 1.82) is 0 Å². The van der Waals surface area contributed by atoms with Gasteiger partial charge in [-0.05, 0) is 28.9 Å². The van der Waals surface area contributed by atoms with E-state index >= 15 is 0 Å². The lowest BCUT2D eigenvalue weighted by Gasteiger charge is -2.22. The molecule has 1 aromatic rings. The molecule has 0 radical (unpaired) electrons. The number of anilines is 1. The lowest BCUT2D eigenvalue weighted by Crippen LogP contribution is -2.33. The Labute approximate surface area is 123 Å². The minimum absolute atomic E-state index is 0.124. The van der Waals surface area contributed by atoms with Crippen LogP contribution in [0.4, 0.5) is 5.82 Å². The predicted molar refractivity (Wildman–Crippen MR) is 79.6 cm³/mol. The number of rotatable bonds is 3. The number of halogens is 2. The van der Waals surface area contributed by atoms with Crippen molar-refractivity contribution in [3.8, 4) is 0 Å². The van der Waals surface area contributed by atoms with Gasteiger partial charge in [-0.15, -0.1) is 0 Å². The molecule has 1 aromatic heterocycles. The largest absolute Gasteiger partial charge is 0.354 e. The maximum Gasteiger partial charge on any atom is 0.267 e. The molecule has 2 heterocycles. The van der Waals surface area contributed by atoms with Gasteiger partial charge in [0.1, 0.15) is 10.3 Å². The number of hydrogen-bond acceptors (Lipinski definition) is 4. The molecule has 0 amide bonds. The summed E-state index contributed by atoms with van der Waals surface area (Å²) in [6.45, 7) is 5.02. The third-order valence-corrected chi connectivity index (χ3v) is 4.14. The highest BCUT2D eigenvalue weighted by atomic mass is 79.9. The number of nitrogens with one attached hydrogen (secondary N) is 1. The van der Waals surface area contributed by atoms with Gasteiger partial charge in [-0.25, -0.2) is 4.98 Å². The van der Waals surface area contributed by atoms with Gasteiger partial charge in [0.15, 0.2) is 0 Å². The van der Waals surface area contributed by atoms with Crippen molar-refractivity contribution in [1.82, 2.24) is 14.9 Å². The van der Waals surface area contributed by atoms with Gasteiger partial charge < -0.3 is 14.8 Å². The average Bonchev–Trinajstić information content (AvgIpc) is 2.59. The first kappa shape index (κ1) is 14.0. The third kappa shape index (κ3) is 3.33. The zero-order valence-corrected chi connectivity index (χ0v) is 13.2. The second-order valence-electron chi connectivity index (χ2n) is 4.24. The molecule has 2 rings (SSSR count). The lowest BCUT2D eigenvalue weighted by atomic mass is 10.4. The zero-order chi connectivity index (χ0) is 13.0. The van der Waals surface area contributed by atoms with Gasteiger partial charge in [0, 0.05) is 31.5 Å². The maximum absolute atomic E-state index is 11.5. The topological polar surface area (TPSA) is 52.2 Å². The highest BCUT2D eigenvalue weighted by Crippen LogP contribution is 2.20. The number of H-pyrrole nitrogens is 1. The van der Waals surface area contributed by atoms with E-state index in [1.54, 1.807) is 0 Å².